The average molecular weight is 214 g/mol. The van der Waals surface area contributed by atoms with Crippen molar-refractivity contribution in [2.75, 3.05) is 0 Å². The smallest absolute Gasteiger partial charge is 1.00 e. The molecule has 0 aliphatic heterocycles. The summed E-state index contributed by atoms with van der Waals surface area (Å²) in [6, 6.07) is 12.8. The number of rotatable bonds is 1. The van der Waals surface area contributed by atoms with E-state index in [1.165, 1.54) is 0 Å². The van der Waals surface area contributed by atoms with Crippen LogP contribution < -0.4 is 0 Å². The van der Waals surface area contributed by atoms with Gasteiger partial charge in [0, 0.05) is 0 Å². The normalized spacial score (nSPS) is 9.43. The first-order chi connectivity index (χ1) is 6.27. The number of carbonyl (C=O) groups is 1. The molecule has 3 heteroatoms. The van der Waals surface area contributed by atoms with Gasteiger partial charge in [-0.1, -0.05) is 30.3 Å². The Morgan fingerprint density at radius 2 is 1.71 bits per heavy atom. The Morgan fingerprint density at radius 3 is 2.36 bits per heavy atom. The maximum absolute atomic E-state index is 10.6. The van der Waals surface area contributed by atoms with Gasteiger partial charge in [-0.3, -0.25) is 0 Å². The molecule has 0 amide bonds. The van der Waals surface area contributed by atoms with Crippen LogP contribution in [-0.4, -0.2) is 48.8 Å². The molecule has 0 unspecified atom stereocenters. The van der Waals surface area contributed by atoms with Gasteiger partial charge >= 0.3 is 43.7 Å². The van der Waals surface area contributed by atoms with E-state index in [9.17, 15) is 4.79 Å². The molecular formula is C11H10CaO2. The van der Waals surface area contributed by atoms with Gasteiger partial charge < -0.3 is 7.96 Å². The number of hydrogen-bond acceptors (Lipinski definition) is 1. The molecule has 0 bridgehead atoms. The van der Waals surface area contributed by atoms with Crippen LogP contribution in [0.5, 0.6) is 0 Å². The van der Waals surface area contributed by atoms with Crippen molar-refractivity contribution in [1.82, 2.24) is 0 Å². The molecule has 0 aromatic heterocycles. The summed E-state index contributed by atoms with van der Waals surface area (Å²) >= 11 is 0. The number of hydrogen-bond donors (Lipinski definition) is 1. The van der Waals surface area contributed by atoms with E-state index >= 15 is 0 Å². The SMILES string of the molecule is O=C(O)c1ccc2ccccc2c1.[Ca+2].[H-].[H-]. The van der Waals surface area contributed by atoms with E-state index < -0.39 is 5.97 Å². The summed E-state index contributed by atoms with van der Waals surface area (Å²) in [5.74, 6) is -0.884. The van der Waals surface area contributed by atoms with Crippen molar-refractivity contribution in [1.29, 1.82) is 0 Å². The van der Waals surface area contributed by atoms with Gasteiger partial charge in [-0.05, 0) is 22.9 Å². The second kappa shape index (κ2) is 4.78. The standard InChI is InChI=1S/C11H8O2.Ca.2H/c12-11(13)10-6-5-8-3-1-2-4-9(8)7-10;;;/h1-7H,(H,12,13);;;/q;+2;2*-1. The molecule has 2 rings (SSSR count). The maximum Gasteiger partial charge on any atom is 2.00 e. The van der Waals surface area contributed by atoms with Gasteiger partial charge in [0.25, 0.3) is 0 Å². The molecular weight excluding hydrogens is 204 g/mol. The Labute approximate surface area is 115 Å². The van der Waals surface area contributed by atoms with Crippen molar-refractivity contribution in [3.8, 4) is 0 Å². The molecule has 2 aromatic carbocycles. The van der Waals surface area contributed by atoms with Crippen LogP contribution in [0.2, 0.25) is 0 Å². The van der Waals surface area contributed by atoms with Crippen LogP contribution >= 0.6 is 0 Å². The Hall–Kier alpha value is -0.570. The predicted molar refractivity (Wildman–Crippen MR) is 58.9 cm³/mol. The molecule has 0 spiro atoms. The summed E-state index contributed by atoms with van der Waals surface area (Å²) in [4.78, 5) is 10.6. The third kappa shape index (κ3) is 2.26. The van der Waals surface area contributed by atoms with E-state index in [4.69, 9.17) is 5.11 Å². The molecule has 0 aliphatic carbocycles. The first kappa shape index (κ1) is 11.5. The third-order valence-corrected chi connectivity index (χ3v) is 2.00. The monoisotopic (exact) mass is 214 g/mol. The van der Waals surface area contributed by atoms with Crippen LogP contribution in [0.4, 0.5) is 0 Å². The predicted octanol–water partition coefficient (Wildman–Crippen LogP) is 2.38. The van der Waals surface area contributed by atoms with E-state index in [-0.39, 0.29) is 40.6 Å². The van der Waals surface area contributed by atoms with Gasteiger partial charge in [0.1, 0.15) is 0 Å². The molecule has 0 saturated heterocycles. The zero-order chi connectivity index (χ0) is 9.26. The van der Waals surface area contributed by atoms with Gasteiger partial charge in [0.15, 0.2) is 0 Å². The average Bonchev–Trinajstić information content (AvgIpc) is 2.17. The molecule has 2 aromatic rings. The molecule has 0 heterocycles. The summed E-state index contributed by atoms with van der Waals surface area (Å²) in [6.45, 7) is 0. The van der Waals surface area contributed by atoms with Crippen molar-refractivity contribution in [3.05, 3.63) is 48.0 Å². The van der Waals surface area contributed by atoms with Crippen molar-refractivity contribution >= 4 is 54.5 Å². The van der Waals surface area contributed by atoms with Crippen molar-refractivity contribution < 1.29 is 12.8 Å². The second-order valence-corrected chi connectivity index (χ2v) is 2.87. The Morgan fingerprint density at radius 1 is 1.07 bits per heavy atom. The fourth-order valence-electron chi connectivity index (χ4n) is 1.32. The Bertz CT molecular complexity index is 474. The minimum atomic E-state index is -0.884. The molecule has 2 nitrogen and oxygen atoms in total. The van der Waals surface area contributed by atoms with E-state index in [0.717, 1.165) is 10.8 Å². The van der Waals surface area contributed by atoms with Gasteiger partial charge in [-0.15, -0.1) is 0 Å². The van der Waals surface area contributed by atoms with Gasteiger partial charge in [-0.2, -0.15) is 0 Å². The van der Waals surface area contributed by atoms with Crippen molar-refractivity contribution in [2.45, 2.75) is 0 Å². The number of carboxylic acids is 1. The van der Waals surface area contributed by atoms with E-state index in [0.29, 0.717) is 5.56 Å². The summed E-state index contributed by atoms with van der Waals surface area (Å²) in [5, 5.41) is 10.8. The van der Waals surface area contributed by atoms with Crippen LogP contribution in [0, 0.1) is 0 Å². The van der Waals surface area contributed by atoms with Crippen LogP contribution in [0.1, 0.15) is 13.2 Å². The maximum atomic E-state index is 10.6. The van der Waals surface area contributed by atoms with Crippen LogP contribution in [0.3, 0.4) is 0 Å². The molecule has 14 heavy (non-hydrogen) atoms. The molecule has 68 valence electrons. The molecule has 0 aliphatic rings. The Balaban J connectivity index is 0. The van der Waals surface area contributed by atoms with Crippen molar-refractivity contribution in [3.63, 3.8) is 0 Å². The van der Waals surface area contributed by atoms with Crippen LogP contribution in [0.15, 0.2) is 42.5 Å². The zero-order valence-corrected chi connectivity index (χ0v) is 9.81. The molecule has 0 radical (unpaired) electrons. The van der Waals surface area contributed by atoms with Gasteiger partial charge in [-0.25, -0.2) is 4.79 Å². The first-order valence-corrected chi connectivity index (χ1v) is 3.99. The number of aromatic carboxylic acids is 1. The summed E-state index contributed by atoms with van der Waals surface area (Å²) in [6.07, 6.45) is 0. The fraction of sp³-hybridized carbons (Fsp3) is 0. The summed E-state index contributed by atoms with van der Waals surface area (Å²) in [7, 11) is 0. The number of fused-ring (bicyclic) bond motifs is 1. The van der Waals surface area contributed by atoms with E-state index in [1.54, 1.807) is 12.1 Å². The quantitative estimate of drug-likeness (QED) is 0.740. The topological polar surface area (TPSA) is 37.3 Å². The van der Waals surface area contributed by atoms with Crippen molar-refractivity contribution in [2.24, 2.45) is 0 Å². The van der Waals surface area contributed by atoms with Gasteiger partial charge in [0.05, 0.1) is 5.56 Å². The summed E-state index contributed by atoms with van der Waals surface area (Å²) < 4.78 is 0. The number of benzene rings is 2. The zero-order valence-electron chi connectivity index (χ0n) is 9.60. The van der Waals surface area contributed by atoms with Crippen LogP contribution in [-0.2, 0) is 0 Å². The van der Waals surface area contributed by atoms with E-state index in [1.807, 2.05) is 30.3 Å². The number of carboxylic acid groups (broad SMARTS) is 1. The largest absolute Gasteiger partial charge is 2.00 e. The van der Waals surface area contributed by atoms with Gasteiger partial charge in [0.2, 0.25) is 0 Å². The second-order valence-electron chi connectivity index (χ2n) is 2.87. The third-order valence-electron chi connectivity index (χ3n) is 2.00. The molecule has 0 atom stereocenters. The van der Waals surface area contributed by atoms with E-state index in [2.05, 4.69) is 0 Å². The first-order valence-electron chi connectivity index (χ1n) is 3.99. The minimum Gasteiger partial charge on any atom is -1.00 e. The summed E-state index contributed by atoms with van der Waals surface area (Å²) in [5.41, 5.74) is 0.332. The minimum absolute atomic E-state index is 0. The Kier molecular flexibility index (Phi) is 3.93. The molecule has 0 fully saturated rings. The fourth-order valence-corrected chi connectivity index (χ4v) is 1.32. The molecule has 1 N–H and O–H groups in total. The van der Waals surface area contributed by atoms with Crippen LogP contribution in [0.25, 0.3) is 10.8 Å². The molecule has 0 saturated carbocycles.